The van der Waals surface area contributed by atoms with Gasteiger partial charge in [0.05, 0.1) is 31.4 Å². The summed E-state index contributed by atoms with van der Waals surface area (Å²) in [5, 5.41) is 3.08. The van der Waals surface area contributed by atoms with Gasteiger partial charge in [-0.2, -0.15) is 0 Å². The summed E-state index contributed by atoms with van der Waals surface area (Å²) < 4.78 is 16.6. The van der Waals surface area contributed by atoms with Crippen LogP contribution in [0.2, 0.25) is 0 Å². The molecule has 132 valence electrons. The molecule has 0 radical (unpaired) electrons. The summed E-state index contributed by atoms with van der Waals surface area (Å²) in [5.74, 6) is 1.52. The van der Waals surface area contributed by atoms with Gasteiger partial charge in [0.25, 0.3) is 5.91 Å². The predicted octanol–water partition coefficient (Wildman–Crippen LogP) is 3.76. The highest BCUT2D eigenvalue weighted by atomic mass is 79.9. The van der Waals surface area contributed by atoms with Crippen LogP contribution >= 0.6 is 15.9 Å². The molecule has 0 saturated heterocycles. The summed E-state index contributed by atoms with van der Waals surface area (Å²) in [4.78, 5) is 12.7. The first-order valence-electron chi connectivity index (χ1n) is 7.95. The van der Waals surface area contributed by atoms with Gasteiger partial charge in [0.2, 0.25) is 5.75 Å². The van der Waals surface area contributed by atoms with Gasteiger partial charge in [-0.05, 0) is 34.0 Å². The van der Waals surface area contributed by atoms with E-state index in [9.17, 15) is 4.79 Å². The summed E-state index contributed by atoms with van der Waals surface area (Å²) in [6.45, 7) is 0. The summed E-state index contributed by atoms with van der Waals surface area (Å²) in [6.07, 6.45) is 0.942. The van der Waals surface area contributed by atoms with Crippen molar-refractivity contribution in [2.24, 2.45) is 0 Å². The Morgan fingerprint density at radius 3 is 2.36 bits per heavy atom. The minimum absolute atomic E-state index is 0.140. The van der Waals surface area contributed by atoms with E-state index in [1.807, 2.05) is 18.2 Å². The van der Waals surface area contributed by atoms with Crippen LogP contribution < -0.4 is 19.5 Å². The van der Waals surface area contributed by atoms with Gasteiger partial charge in [-0.3, -0.25) is 4.79 Å². The second kappa shape index (κ2) is 7.35. The zero-order valence-electron chi connectivity index (χ0n) is 14.3. The molecule has 1 fully saturated rings. The smallest absolute Gasteiger partial charge is 0.252 e. The Balaban J connectivity index is 1.81. The number of methoxy groups -OCH3 is 3. The van der Waals surface area contributed by atoms with Crippen LogP contribution in [-0.4, -0.2) is 33.3 Å². The fourth-order valence-corrected chi connectivity index (χ4v) is 3.59. The molecule has 1 aliphatic carbocycles. The van der Waals surface area contributed by atoms with Crippen molar-refractivity contribution in [1.82, 2.24) is 5.32 Å². The van der Waals surface area contributed by atoms with Crippen LogP contribution in [0.25, 0.3) is 0 Å². The fraction of sp³-hybridized carbons (Fsp3) is 0.316. The van der Waals surface area contributed by atoms with Gasteiger partial charge in [-0.15, -0.1) is 0 Å². The lowest BCUT2D eigenvalue weighted by Gasteiger charge is -2.16. The summed E-state index contributed by atoms with van der Waals surface area (Å²) in [6, 6.07) is 12.0. The lowest BCUT2D eigenvalue weighted by molar-refractivity contribution is 0.0948. The van der Waals surface area contributed by atoms with E-state index in [0.717, 1.165) is 6.42 Å². The van der Waals surface area contributed by atoms with E-state index in [4.69, 9.17) is 14.2 Å². The van der Waals surface area contributed by atoms with Crippen molar-refractivity contribution in [3.05, 3.63) is 52.0 Å². The van der Waals surface area contributed by atoms with E-state index >= 15 is 0 Å². The summed E-state index contributed by atoms with van der Waals surface area (Å²) >= 11 is 3.45. The van der Waals surface area contributed by atoms with Gasteiger partial charge in [0.1, 0.15) is 0 Å². The molecule has 0 aromatic heterocycles. The van der Waals surface area contributed by atoms with Crippen LogP contribution in [0.3, 0.4) is 0 Å². The van der Waals surface area contributed by atoms with Crippen molar-refractivity contribution in [2.45, 2.75) is 18.4 Å². The Bertz CT molecular complexity index is 779. The Morgan fingerprint density at radius 1 is 1.08 bits per heavy atom. The average molecular weight is 406 g/mol. The maximum atomic E-state index is 12.7. The van der Waals surface area contributed by atoms with Gasteiger partial charge in [0.15, 0.2) is 11.5 Å². The maximum Gasteiger partial charge on any atom is 0.252 e. The van der Waals surface area contributed by atoms with Crippen molar-refractivity contribution < 1.29 is 19.0 Å². The number of carbonyl (C=O) groups excluding carboxylic acids is 1. The first-order chi connectivity index (χ1) is 12.1. The Kier molecular flexibility index (Phi) is 5.18. The van der Waals surface area contributed by atoms with Gasteiger partial charge in [-0.1, -0.05) is 30.3 Å². The Labute approximate surface area is 155 Å². The second-order valence-corrected chi connectivity index (χ2v) is 6.63. The minimum Gasteiger partial charge on any atom is -0.493 e. The molecule has 0 unspecified atom stereocenters. The number of amides is 1. The minimum atomic E-state index is -0.172. The third-order valence-corrected chi connectivity index (χ3v) is 5.14. The molecule has 0 heterocycles. The molecule has 2 atom stereocenters. The molecule has 3 rings (SSSR count). The molecule has 1 N–H and O–H groups in total. The predicted molar refractivity (Wildman–Crippen MR) is 98.9 cm³/mol. The largest absolute Gasteiger partial charge is 0.493 e. The van der Waals surface area contributed by atoms with Crippen LogP contribution in [0.1, 0.15) is 28.3 Å². The second-order valence-electron chi connectivity index (χ2n) is 5.84. The molecule has 6 heteroatoms. The van der Waals surface area contributed by atoms with Gasteiger partial charge < -0.3 is 19.5 Å². The molecule has 1 amide bonds. The number of hydrogen-bond donors (Lipinski definition) is 1. The molecule has 2 aromatic rings. The molecule has 2 aromatic carbocycles. The number of benzene rings is 2. The number of halogens is 1. The van der Waals surface area contributed by atoms with Crippen molar-refractivity contribution in [3.8, 4) is 17.2 Å². The molecule has 5 nitrogen and oxygen atoms in total. The molecular formula is C19H20BrNO4. The van der Waals surface area contributed by atoms with Crippen LogP contribution in [-0.2, 0) is 0 Å². The highest BCUT2D eigenvalue weighted by Crippen LogP contribution is 2.45. The van der Waals surface area contributed by atoms with Crippen molar-refractivity contribution >= 4 is 21.8 Å². The topological polar surface area (TPSA) is 56.8 Å². The third kappa shape index (κ3) is 3.44. The van der Waals surface area contributed by atoms with Crippen LogP contribution in [0.4, 0.5) is 0 Å². The molecular weight excluding hydrogens is 386 g/mol. The van der Waals surface area contributed by atoms with E-state index in [1.54, 1.807) is 6.07 Å². The third-order valence-electron chi connectivity index (χ3n) is 4.35. The van der Waals surface area contributed by atoms with Gasteiger partial charge >= 0.3 is 0 Å². The first-order valence-corrected chi connectivity index (χ1v) is 8.74. The normalized spacial score (nSPS) is 18.4. The van der Waals surface area contributed by atoms with E-state index in [2.05, 4.69) is 33.4 Å². The monoisotopic (exact) mass is 405 g/mol. The fourth-order valence-electron chi connectivity index (χ4n) is 2.96. The van der Waals surface area contributed by atoms with E-state index < -0.39 is 0 Å². The number of carbonyl (C=O) groups is 1. The molecule has 0 spiro atoms. The zero-order valence-corrected chi connectivity index (χ0v) is 15.9. The van der Waals surface area contributed by atoms with Crippen molar-refractivity contribution in [3.63, 3.8) is 0 Å². The van der Waals surface area contributed by atoms with E-state index in [1.165, 1.54) is 26.9 Å². The zero-order chi connectivity index (χ0) is 18.0. The lowest BCUT2D eigenvalue weighted by atomic mass is 10.1. The quantitative estimate of drug-likeness (QED) is 0.794. The van der Waals surface area contributed by atoms with Crippen molar-refractivity contribution in [2.75, 3.05) is 21.3 Å². The van der Waals surface area contributed by atoms with Crippen molar-refractivity contribution in [1.29, 1.82) is 0 Å². The van der Waals surface area contributed by atoms with Crippen LogP contribution in [0.15, 0.2) is 40.9 Å². The molecule has 0 bridgehead atoms. The number of hydrogen-bond acceptors (Lipinski definition) is 4. The highest BCUT2D eigenvalue weighted by molar-refractivity contribution is 9.10. The van der Waals surface area contributed by atoms with Crippen LogP contribution in [0, 0.1) is 0 Å². The number of ether oxygens (including phenoxy) is 3. The summed E-state index contributed by atoms with van der Waals surface area (Å²) in [7, 11) is 4.58. The van der Waals surface area contributed by atoms with E-state index in [0.29, 0.717) is 33.2 Å². The molecule has 1 aliphatic rings. The Morgan fingerprint density at radius 2 is 1.76 bits per heavy atom. The van der Waals surface area contributed by atoms with E-state index in [-0.39, 0.29) is 11.9 Å². The van der Waals surface area contributed by atoms with Gasteiger partial charge in [0, 0.05) is 12.0 Å². The van der Waals surface area contributed by atoms with Gasteiger partial charge in [-0.25, -0.2) is 0 Å². The number of rotatable bonds is 6. The number of nitrogens with one attached hydrogen (secondary N) is 1. The standard InChI is InChI=1S/C19H20BrNO4/c1-23-15-10-13(16(20)18(25-3)17(15)24-2)19(22)21-14-9-12(14)11-7-5-4-6-8-11/h4-8,10,12,14H,9H2,1-3H3,(H,21,22)/t12-,14-/m1/s1. The summed E-state index contributed by atoms with van der Waals surface area (Å²) in [5.41, 5.74) is 1.70. The molecule has 0 aliphatic heterocycles. The molecule has 25 heavy (non-hydrogen) atoms. The average Bonchev–Trinajstić information content (AvgIpc) is 3.40. The SMILES string of the molecule is COc1cc(C(=O)N[C@@H]2C[C@@H]2c2ccccc2)c(Br)c(OC)c1OC. The lowest BCUT2D eigenvalue weighted by Crippen LogP contribution is -2.27. The Hall–Kier alpha value is -2.21. The highest BCUT2D eigenvalue weighted by Gasteiger charge is 2.40. The maximum absolute atomic E-state index is 12.7. The van der Waals surface area contributed by atoms with Crippen LogP contribution in [0.5, 0.6) is 17.2 Å². The molecule has 1 saturated carbocycles. The first kappa shape index (κ1) is 17.6.